The monoisotopic (exact) mass is 414 g/mol. The average Bonchev–Trinajstić information content (AvgIpc) is 3.06. The minimum absolute atomic E-state index is 0.0315. The lowest BCUT2D eigenvalue weighted by molar-refractivity contribution is -0.132. The van der Waals surface area contributed by atoms with Gasteiger partial charge in [-0.3, -0.25) is 19.5 Å². The number of Topliss-reactive ketones (excluding diaryl/α,β-unsaturated/α-hetero) is 1. The van der Waals surface area contributed by atoms with Gasteiger partial charge in [0, 0.05) is 23.6 Å². The van der Waals surface area contributed by atoms with E-state index < -0.39 is 17.7 Å². The number of nitrogens with zero attached hydrogens (tertiary/aromatic N) is 2. The third kappa shape index (κ3) is 3.57. The topological polar surface area (TPSA) is 79.7 Å². The molecular formula is C25H22N2O4. The van der Waals surface area contributed by atoms with Gasteiger partial charge in [0.2, 0.25) is 0 Å². The van der Waals surface area contributed by atoms with Gasteiger partial charge in [0.25, 0.3) is 11.7 Å². The lowest BCUT2D eigenvalue weighted by Gasteiger charge is -2.27. The van der Waals surface area contributed by atoms with Crippen LogP contribution in [0.3, 0.4) is 0 Å². The maximum Gasteiger partial charge on any atom is 0.300 e. The maximum atomic E-state index is 13.2. The van der Waals surface area contributed by atoms with Gasteiger partial charge < -0.3 is 9.84 Å². The number of ether oxygens (including phenoxy) is 1. The van der Waals surface area contributed by atoms with Crippen molar-refractivity contribution in [2.45, 2.75) is 19.9 Å². The summed E-state index contributed by atoms with van der Waals surface area (Å²) in [4.78, 5) is 32.0. The highest BCUT2D eigenvalue weighted by molar-refractivity contribution is 6.51. The molecular weight excluding hydrogens is 392 g/mol. The second-order valence-corrected chi connectivity index (χ2v) is 7.47. The standard InChI is InChI=1S/C25H22N2O4/c1-15-6-7-16(2)20(13-15)27-22(18-5-4-12-26-14-18)21(24(29)25(27)30)23(28)17-8-10-19(31-3)11-9-17/h4-14,22,28H,1-3H3/b23-21+. The summed E-state index contributed by atoms with van der Waals surface area (Å²) in [6.07, 6.45) is 3.23. The molecule has 1 unspecified atom stereocenters. The third-order valence-electron chi connectivity index (χ3n) is 5.43. The number of methoxy groups -OCH3 is 1. The molecule has 1 saturated heterocycles. The number of anilines is 1. The molecule has 6 nitrogen and oxygen atoms in total. The Hall–Kier alpha value is -3.93. The Morgan fingerprint density at radius 3 is 2.45 bits per heavy atom. The number of benzene rings is 2. The summed E-state index contributed by atoms with van der Waals surface area (Å²) in [6, 6.07) is 15.2. The molecule has 1 aliphatic heterocycles. The van der Waals surface area contributed by atoms with Crippen molar-refractivity contribution in [3.8, 4) is 5.75 Å². The van der Waals surface area contributed by atoms with Crippen LogP contribution in [-0.4, -0.2) is 28.9 Å². The number of amides is 1. The highest BCUT2D eigenvalue weighted by Crippen LogP contribution is 2.43. The van der Waals surface area contributed by atoms with Gasteiger partial charge in [-0.2, -0.15) is 0 Å². The van der Waals surface area contributed by atoms with Gasteiger partial charge in [-0.1, -0.05) is 18.2 Å². The Morgan fingerprint density at radius 1 is 1.06 bits per heavy atom. The number of hydrogen-bond donors (Lipinski definition) is 1. The quantitative estimate of drug-likeness (QED) is 0.390. The summed E-state index contributed by atoms with van der Waals surface area (Å²) in [6.45, 7) is 3.81. The minimum atomic E-state index is -0.795. The molecule has 1 aromatic heterocycles. The van der Waals surface area contributed by atoms with Crippen LogP contribution in [0, 0.1) is 13.8 Å². The molecule has 2 aromatic carbocycles. The van der Waals surface area contributed by atoms with E-state index in [2.05, 4.69) is 4.98 Å². The number of carbonyl (C=O) groups excluding carboxylic acids is 2. The van der Waals surface area contributed by atoms with Crippen LogP contribution in [0.25, 0.3) is 5.76 Å². The first kappa shape index (κ1) is 20.3. The molecule has 0 bridgehead atoms. The van der Waals surface area contributed by atoms with Crippen molar-refractivity contribution in [3.63, 3.8) is 0 Å². The Morgan fingerprint density at radius 2 is 1.81 bits per heavy atom. The van der Waals surface area contributed by atoms with E-state index in [1.54, 1.807) is 55.9 Å². The molecule has 2 heterocycles. The largest absolute Gasteiger partial charge is 0.507 e. The summed E-state index contributed by atoms with van der Waals surface area (Å²) in [7, 11) is 1.55. The van der Waals surface area contributed by atoms with E-state index in [1.807, 2.05) is 32.0 Å². The van der Waals surface area contributed by atoms with Crippen molar-refractivity contribution in [2.24, 2.45) is 0 Å². The smallest absolute Gasteiger partial charge is 0.300 e. The molecule has 0 saturated carbocycles. The molecule has 1 atom stereocenters. The van der Waals surface area contributed by atoms with Crippen LogP contribution >= 0.6 is 0 Å². The van der Waals surface area contributed by atoms with Crippen molar-refractivity contribution >= 4 is 23.1 Å². The van der Waals surface area contributed by atoms with E-state index in [0.717, 1.165) is 11.1 Å². The number of ketones is 1. The van der Waals surface area contributed by atoms with Gasteiger partial charge in [0.15, 0.2) is 0 Å². The van der Waals surface area contributed by atoms with Crippen LogP contribution in [0.5, 0.6) is 5.75 Å². The van der Waals surface area contributed by atoms with E-state index in [9.17, 15) is 14.7 Å². The van der Waals surface area contributed by atoms with Crippen LogP contribution in [0.1, 0.15) is 28.3 Å². The van der Waals surface area contributed by atoms with Crippen LogP contribution in [-0.2, 0) is 9.59 Å². The number of aliphatic hydroxyl groups excluding tert-OH is 1. The number of rotatable bonds is 4. The van der Waals surface area contributed by atoms with E-state index in [-0.39, 0.29) is 11.3 Å². The highest BCUT2D eigenvalue weighted by Gasteiger charge is 2.47. The van der Waals surface area contributed by atoms with Gasteiger partial charge in [0.05, 0.1) is 18.7 Å². The third-order valence-corrected chi connectivity index (χ3v) is 5.43. The van der Waals surface area contributed by atoms with Gasteiger partial charge in [0.1, 0.15) is 11.5 Å². The number of pyridine rings is 1. The Kier molecular flexibility index (Phi) is 5.29. The minimum Gasteiger partial charge on any atom is -0.507 e. The summed E-state index contributed by atoms with van der Waals surface area (Å²) in [5.41, 5.74) is 3.54. The van der Waals surface area contributed by atoms with E-state index in [0.29, 0.717) is 22.6 Å². The number of aryl methyl sites for hydroxylation is 2. The van der Waals surface area contributed by atoms with Crippen LogP contribution in [0.15, 0.2) is 72.6 Å². The molecule has 4 rings (SSSR count). The lowest BCUT2D eigenvalue weighted by atomic mass is 9.96. The molecule has 6 heteroatoms. The zero-order valence-electron chi connectivity index (χ0n) is 17.5. The Labute approximate surface area is 180 Å². The molecule has 1 aliphatic rings. The van der Waals surface area contributed by atoms with Crippen molar-refractivity contribution in [1.82, 2.24) is 4.98 Å². The predicted octanol–water partition coefficient (Wildman–Crippen LogP) is 4.33. The van der Waals surface area contributed by atoms with Crippen molar-refractivity contribution in [3.05, 3.63) is 94.8 Å². The van der Waals surface area contributed by atoms with E-state index in [4.69, 9.17) is 4.74 Å². The van der Waals surface area contributed by atoms with Crippen LogP contribution < -0.4 is 9.64 Å². The predicted molar refractivity (Wildman–Crippen MR) is 118 cm³/mol. The number of carbonyl (C=O) groups is 2. The fourth-order valence-corrected chi connectivity index (χ4v) is 3.82. The zero-order chi connectivity index (χ0) is 22.1. The summed E-state index contributed by atoms with van der Waals surface area (Å²) >= 11 is 0. The number of aliphatic hydroxyl groups is 1. The maximum absolute atomic E-state index is 13.2. The first-order valence-electron chi connectivity index (χ1n) is 9.85. The summed E-state index contributed by atoms with van der Waals surface area (Å²) < 4.78 is 5.17. The van der Waals surface area contributed by atoms with Crippen LogP contribution in [0.4, 0.5) is 5.69 Å². The number of hydrogen-bond acceptors (Lipinski definition) is 5. The fraction of sp³-hybridized carbons (Fsp3) is 0.160. The van der Waals surface area contributed by atoms with Gasteiger partial charge >= 0.3 is 0 Å². The van der Waals surface area contributed by atoms with Crippen LogP contribution in [0.2, 0.25) is 0 Å². The molecule has 0 spiro atoms. The normalized spacial score (nSPS) is 17.8. The molecule has 1 N–H and O–H groups in total. The average molecular weight is 414 g/mol. The van der Waals surface area contributed by atoms with Gasteiger partial charge in [-0.25, -0.2) is 0 Å². The van der Waals surface area contributed by atoms with Crippen molar-refractivity contribution in [2.75, 3.05) is 12.0 Å². The second kappa shape index (κ2) is 8.07. The zero-order valence-corrected chi connectivity index (χ0v) is 17.5. The Balaban J connectivity index is 1.94. The number of aromatic nitrogens is 1. The molecule has 3 aromatic rings. The Bertz CT molecular complexity index is 1180. The second-order valence-electron chi connectivity index (χ2n) is 7.47. The molecule has 1 amide bonds. The lowest BCUT2D eigenvalue weighted by Crippen LogP contribution is -2.30. The van der Waals surface area contributed by atoms with E-state index >= 15 is 0 Å². The first-order valence-corrected chi connectivity index (χ1v) is 9.85. The summed E-state index contributed by atoms with van der Waals surface area (Å²) in [5.74, 6) is -1.03. The molecule has 156 valence electrons. The molecule has 0 radical (unpaired) electrons. The van der Waals surface area contributed by atoms with Crippen molar-refractivity contribution in [1.29, 1.82) is 0 Å². The molecule has 1 fully saturated rings. The molecule has 31 heavy (non-hydrogen) atoms. The fourth-order valence-electron chi connectivity index (χ4n) is 3.82. The van der Waals surface area contributed by atoms with Gasteiger partial charge in [-0.05, 0) is 66.9 Å². The first-order chi connectivity index (χ1) is 14.9. The molecule has 0 aliphatic carbocycles. The SMILES string of the molecule is COc1ccc(/C(O)=C2\C(=O)C(=O)N(c3cc(C)ccc3C)C2c2cccnc2)cc1. The van der Waals surface area contributed by atoms with Crippen molar-refractivity contribution < 1.29 is 19.4 Å². The van der Waals surface area contributed by atoms with E-state index in [1.165, 1.54) is 4.90 Å². The van der Waals surface area contributed by atoms with Gasteiger partial charge in [-0.15, -0.1) is 0 Å². The highest BCUT2D eigenvalue weighted by atomic mass is 16.5. The summed E-state index contributed by atoms with van der Waals surface area (Å²) in [5, 5.41) is 11.1.